The zero-order valence-electron chi connectivity index (χ0n) is 18.9. The number of carbonyl (C=O) groups excluding carboxylic acids is 1. The van der Waals surface area contributed by atoms with Crippen LogP contribution < -0.4 is 4.74 Å². The Morgan fingerprint density at radius 2 is 2.12 bits per heavy atom. The molecule has 1 fully saturated rings. The van der Waals surface area contributed by atoms with Crippen LogP contribution in [0.25, 0.3) is 11.3 Å². The molecule has 0 saturated carbocycles. The average Bonchev–Trinajstić information content (AvgIpc) is 3.30. The summed E-state index contributed by atoms with van der Waals surface area (Å²) < 4.78 is 11.4. The van der Waals surface area contributed by atoms with Gasteiger partial charge in [-0.15, -0.1) is 0 Å². The zero-order chi connectivity index (χ0) is 22.6. The Morgan fingerprint density at radius 3 is 3.03 bits per heavy atom. The van der Waals surface area contributed by atoms with Gasteiger partial charge in [-0.05, 0) is 43.4 Å². The Bertz CT molecular complexity index is 1130. The number of nitrogens with zero attached hydrogens (tertiary/aromatic N) is 4. The largest absolute Gasteiger partial charge is 0.497 e. The minimum Gasteiger partial charge on any atom is -0.497 e. The fourth-order valence-electron chi connectivity index (χ4n) is 4.76. The van der Waals surface area contributed by atoms with Crippen LogP contribution in [0.1, 0.15) is 48.0 Å². The molecule has 1 unspecified atom stereocenters. The molecular formula is C25H29N5O3. The quantitative estimate of drug-likeness (QED) is 0.623. The van der Waals surface area contributed by atoms with Gasteiger partial charge in [0.1, 0.15) is 11.9 Å². The third-order valence-electron chi connectivity index (χ3n) is 6.51. The number of aromatic nitrogens is 4. The van der Waals surface area contributed by atoms with Gasteiger partial charge in [-0.3, -0.25) is 19.9 Å². The Hall–Kier alpha value is -3.26. The van der Waals surface area contributed by atoms with E-state index in [1.165, 1.54) is 24.1 Å². The number of amides is 1. The van der Waals surface area contributed by atoms with Gasteiger partial charge < -0.3 is 14.4 Å². The lowest BCUT2D eigenvalue weighted by atomic mass is 9.94. The minimum atomic E-state index is -0.323. The van der Waals surface area contributed by atoms with Gasteiger partial charge in [0.2, 0.25) is 5.91 Å². The molecule has 3 aromatic rings. The molecule has 0 radical (unpaired) electrons. The molecule has 8 heteroatoms. The molecule has 1 amide bonds. The molecule has 1 saturated heterocycles. The number of hydrogen-bond acceptors (Lipinski definition) is 6. The first-order valence-corrected chi connectivity index (χ1v) is 11.6. The summed E-state index contributed by atoms with van der Waals surface area (Å²) in [7, 11) is 1.64. The van der Waals surface area contributed by atoms with E-state index in [2.05, 4.69) is 20.2 Å². The molecule has 1 N–H and O–H groups in total. The van der Waals surface area contributed by atoms with Gasteiger partial charge >= 0.3 is 0 Å². The van der Waals surface area contributed by atoms with Gasteiger partial charge in [0.25, 0.3) is 0 Å². The van der Waals surface area contributed by atoms with Gasteiger partial charge in [0.15, 0.2) is 0 Å². The highest BCUT2D eigenvalue weighted by Gasteiger charge is 2.29. The predicted octanol–water partition coefficient (Wildman–Crippen LogP) is 3.29. The van der Waals surface area contributed by atoms with Crippen molar-refractivity contribution in [3.05, 3.63) is 59.3 Å². The highest BCUT2D eigenvalue weighted by molar-refractivity contribution is 5.76. The number of carbonyl (C=O) groups is 1. The summed E-state index contributed by atoms with van der Waals surface area (Å²) >= 11 is 0. The Morgan fingerprint density at radius 1 is 1.24 bits per heavy atom. The van der Waals surface area contributed by atoms with Gasteiger partial charge in [-0.2, -0.15) is 5.10 Å². The fraction of sp³-hybridized carbons (Fsp3) is 0.440. The molecule has 1 aliphatic heterocycles. The Labute approximate surface area is 193 Å². The normalized spacial score (nSPS) is 18.1. The first kappa shape index (κ1) is 21.6. The van der Waals surface area contributed by atoms with Crippen LogP contribution in [-0.2, 0) is 28.8 Å². The molecule has 33 heavy (non-hydrogen) atoms. The highest BCUT2D eigenvalue weighted by atomic mass is 16.5. The maximum Gasteiger partial charge on any atom is 0.223 e. The van der Waals surface area contributed by atoms with Crippen molar-refractivity contribution in [1.29, 1.82) is 0 Å². The number of H-pyrrole nitrogens is 1. The second kappa shape index (κ2) is 9.70. The molecule has 2 aliphatic rings. The van der Waals surface area contributed by atoms with E-state index in [0.717, 1.165) is 41.2 Å². The maximum atomic E-state index is 13.1. The van der Waals surface area contributed by atoms with E-state index in [-0.39, 0.29) is 12.0 Å². The maximum absolute atomic E-state index is 13.1. The molecule has 1 aromatic carbocycles. The number of aromatic amines is 1. The molecule has 0 spiro atoms. The Balaban J connectivity index is 1.28. The Kier molecular flexibility index (Phi) is 6.35. The van der Waals surface area contributed by atoms with Crippen LogP contribution in [0, 0.1) is 0 Å². The van der Waals surface area contributed by atoms with E-state index in [9.17, 15) is 4.79 Å². The minimum absolute atomic E-state index is 0.127. The number of rotatable bonds is 6. The number of fused-ring (bicyclic) bond motifs is 1. The van der Waals surface area contributed by atoms with Crippen LogP contribution in [0.3, 0.4) is 0 Å². The van der Waals surface area contributed by atoms with Crippen molar-refractivity contribution in [2.75, 3.05) is 26.8 Å². The summed E-state index contributed by atoms with van der Waals surface area (Å²) in [5.74, 6) is 0.883. The van der Waals surface area contributed by atoms with Gasteiger partial charge in [0.05, 0.1) is 37.3 Å². The lowest BCUT2D eigenvalue weighted by Gasteiger charge is -2.33. The summed E-state index contributed by atoms with van der Waals surface area (Å²) in [4.78, 5) is 24.1. The lowest BCUT2D eigenvalue weighted by Crippen LogP contribution is -2.42. The van der Waals surface area contributed by atoms with Crippen LogP contribution in [0.15, 0.2) is 36.7 Å². The van der Waals surface area contributed by atoms with Gasteiger partial charge in [0, 0.05) is 43.0 Å². The summed E-state index contributed by atoms with van der Waals surface area (Å²) in [5, 5.41) is 7.66. The molecule has 5 rings (SSSR count). The lowest BCUT2D eigenvalue weighted by molar-refractivity contribution is -0.139. The number of ether oxygens (including phenoxy) is 2. The van der Waals surface area contributed by atoms with Crippen molar-refractivity contribution in [1.82, 2.24) is 25.1 Å². The fourth-order valence-corrected chi connectivity index (χ4v) is 4.76. The van der Waals surface area contributed by atoms with Gasteiger partial charge in [-0.25, -0.2) is 0 Å². The molecule has 3 heterocycles. The van der Waals surface area contributed by atoms with Crippen molar-refractivity contribution in [2.24, 2.45) is 0 Å². The molecule has 0 bridgehead atoms. The third-order valence-corrected chi connectivity index (χ3v) is 6.51. The number of morpholine rings is 1. The van der Waals surface area contributed by atoms with Crippen molar-refractivity contribution in [3.8, 4) is 17.0 Å². The third kappa shape index (κ3) is 4.61. The zero-order valence-corrected chi connectivity index (χ0v) is 18.9. The SMILES string of the molecule is COc1cccc(-c2nccnc2C2CN(C(=O)CCc3n[nH]c4c3CCCC4)CCO2)c1. The summed E-state index contributed by atoms with van der Waals surface area (Å²) in [6, 6.07) is 7.74. The van der Waals surface area contributed by atoms with Crippen molar-refractivity contribution in [3.63, 3.8) is 0 Å². The summed E-state index contributed by atoms with van der Waals surface area (Å²) in [6.07, 6.45) is 8.69. The number of nitrogens with one attached hydrogen (secondary N) is 1. The number of aryl methyl sites for hydroxylation is 2. The predicted molar refractivity (Wildman–Crippen MR) is 123 cm³/mol. The first-order valence-electron chi connectivity index (χ1n) is 11.6. The van der Waals surface area contributed by atoms with Crippen LogP contribution in [0.5, 0.6) is 5.75 Å². The number of methoxy groups -OCH3 is 1. The van der Waals surface area contributed by atoms with Crippen molar-refractivity contribution in [2.45, 2.75) is 44.6 Å². The number of hydrogen-bond donors (Lipinski definition) is 1. The van der Waals surface area contributed by atoms with Crippen molar-refractivity contribution >= 4 is 5.91 Å². The van der Waals surface area contributed by atoms with E-state index >= 15 is 0 Å². The second-order valence-electron chi connectivity index (χ2n) is 8.56. The number of benzene rings is 1. The van der Waals surface area contributed by atoms with E-state index in [4.69, 9.17) is 9.47 Å². The van der Waals surface area contributed by atoms with E-state index in [1.807, 2.05) is 29.2 Å². The summed E-state index contributed by atoms with van der Waals surface area (Å²) in [6.45, 7) is 1.53. The van der Waals surface area contributed by atoms with Gasteiger partial charge in [-0.1, -0.05) is 12.1 Å². The van der Waals surface area contributed by atoms with E-state index in [0.29, 0.717) is 32.5 Å². The standard InChI is InChI=1S/C25H29N5O3/c1-32-18-6-4-5-17(15-18)24-25(27-12-11-26-24)22-16-30(13-14-33-22)23(31)10-9-21-19-7-2-3-8-20(19)28-29-21/h4-6,11-12,15,22H,2-3,7-10,13-14,16H2,1H3,(H,28,29). The topological polar surface area (TPSA) is 93.2 Å². The molecule has 172 valence electrons. The summed E-state index contributed by atoms with van der Waals surface area (Å²) in [5.41, 5.74) is 6.03. The van der Waals surface area contributed by atoms with Crippen LogP contribution in [-0.4, -0.2) is 57.8 Å². The molecule has 8 nitrogen and oxygen atoms in total. The molecule has 1 atom stereocenters. The van der Waals surface area contributed by atoms with E-state index in [1.54, 1.807) is 19.5 Å². The molecule has 1 aliphatic carbocycles. The average molecular weight is 448 g/mol. The first-order chi connectivity index (χ1) is 16.2. The monoisotopic (exact) mass is 447 g/mol. The molecule has 2 aromatic heterocycles. The van der Waals surface area contributed by atoms with E-state index < -0.39 is 0 Å². The van der Waals surface area contributed by atoms with Crippen LogP contribution in [0.2, 0.25) is 0 Å². The van der Waals surface area contributed by atoms with Crippen LogP contribution >= 0.6 is 0 Å². The molecular weight excluding hydrogens is 418 g/mol. The van der Waals surface area contributed by atoms with Crippen molar-refractivity contribution < 1.29 is 14.3 Å². The smallest absolute Gasteiger partial charge is 0.223 e. The highest BCUT2D eigenvalue weighted by Crippen LogP contribution is 2.31. The second-order valence-corrected chi connectivity index (χ2v) is 8.56. The van der Waals surface area contributed by atoms with Crippen LogP contribution in [0.4, 0.5) is 0 Å².